The predicted octanol–water partition coefficient (Wildman–Crippen LogP) is 2.07. The third-order valence-electron chi connectivity index (χ3n) is 4.09. The second-order valence-electron chi connectivity index (χ2n) is 5.73. The van der Waals surface area contributed by atoms with Crippen LogP contribution in [0.25, 0.3) is 0 Å². The van der Waals surface area contributed by atoms with E-state index in [9.17, 15) is 4.79 Å². The molecule has 7 heteroatoms. The standard InChI is InChI=1S/C18H23N5O2/c1-13-16(14(2)23(22-13)11-5-9-19)7-8-17(24)21-12-15-6-4-10-20-18(15)25-3/h4,6,10H,5,7-8,11-12H2,1-3H3,(H,21,24). The summed E-state index contributed by atoms with van der Waals surface area (Å²) in [4.78, 5) is 16.3. The molecule has 0 aliphatic heterocycles. The average molecular weight is 341 g/mol. The van der Waals surface area contributed by atoms with Gasteiger partial charge in [0.15, 0.2) is 0 Å². The van der Waals surface area contributed by atoms with E-state index in [1.54, 1.807) is 13.3 Å². The van der Waals surface area contributed by atoms with E-state index >= 15 is 0 Å². The molecular weight excluding hydrogens is 318 g/mol. The van der Waals surface area contributed by atoms with Crippen molar-refractivity contribution in [3.63, 3.8) is 0 Å². The van der Waals surface area contributed by atoms with Gasteiger partial charge in [-0.15, -0.1) is 0 Å². The van der Waals surface area contributed by atoms with Crippen molar-refractivity contribution < 1.29 is 9.53 Å². The highest BCUT2D eigenvalue weighted by Crippen LogP contribution is 2.16. The van der Waals surface area contributed by atoms with Gasteiger partial charge in [0.1, 0.15) is 0 Å². The third-order valence-corrected chi connectivity index (χ3v) is 4.09. The van der Waals surface area contributed by atoms with Crippen LogP contribution < -0.4 is 10.1 Å². The van der Waals surface area contributed by atoms with Crippen LogP contribution in [0.15, 0.2) is 18.3 Å². The van der Waals surface area contributed by atoms with Crippen LogP contribution in [0, 0.1) is 25.2 Å². The molecule has 2 aromatic rings. The lowest BCUT2D eigenvalue weighted by atomic mass is 10.1. The monoisotopic (exact) mass is 341 g/mol. The molecule has 0 aromatic carbocycles. The van der Waals surface area contributed by atoms with Gasteiger partial charge in [-0.05, 0) is 31.9 Å². The number of nitrogens with zero attached hydrogens (tertiary/aromatic N) is 4. The lowest BCUT2D eigenvalue weighted by Gasteiger charge is -2.09. The van der Waals surface area contributed by atoms with Crippen molar-refractivity contribution >= 4 is 5.91 Å². The van der Waals surface area contributed by atoms with Crippen LogP contribution in [0.4, 0.5) is 0 Å². The van der Waals surface area contributed by atoms with E-state index in [0.29, 0.717) is 38.2 Å². The Kier molecular flexibility index (Phi) is 6.52. The zero-order chi connectivity index (χ0) is 18.2. The Morgan fingerprint density at radius 1 is 1.44 bits per heavy atom. The SMILES string of the molecule is COc1ncccc1CNC(=O)CCc1c(C)nn(CCC#N)c1C. The number of hydrogen-bond acceptors (Lipinski definition) is 5. The normalized spacial score (nSPS) is 10.3. The summed E-state index contributed by atoms with van der Waals surface area (Å²) in [6.45, 7) is 4.88. The van der Waals surface area contributed by atoms with Gasteiger partial charge in [0, 0.05) is 30.4 Å². The Labute approximate surface area is 147 Å². The van der Waals surface area contributed by atoms with Crippen molar-refractivity contribution in [3.05, 3.63) is 40.8 Å². The lowest BCUT2D eigenvalue weighted by molar-refractivity contribution is -0.121. The van der Waals surface area contributed by atoms with Crippen LogP contribution in [0.5, 0.6) is 5.88 Å². The Balaban J connectivity index is 1.90. The number of carbonyl (C=O) groups excluding carboxylic acids is 1. The molecule has 0 atom stereocenters. The molecule has 0 spiro atoms. The number of rotatable bonds is 8. The van der Waals surface area contributed by atoms with E-state index in [1.807, 2.05) is 30.7 Å². The zero-order valence-corrected chi connectivity index (χ0v) is 14.9. The summed E-state index contributed by atoms with van der Waals surface area (Å²) < 4.78 is 7.02. The summed E-state index contributed by atoms with van der Waals surface area (Å²) in [6, 6.07) is 5.81. The largest absolute Gasteiger partial charge is 0.481 e. The van der Waals surface area contributed by atoms with Crippen molar-refractivity contribution in [1.82, 2.24) is 20.1 Å². The van der Waals surface area contributed by atoms with Crippen LogP contribution in [0.3, 0.4) is 0 Å². The Hall–Kier alpha value is -2.88. The van der Waals surface area contributed by atoms with Gasteiger partial charge in [-0.25, -0.2) is 4.98 Å². The minimum Gasteiger partial charge on any atom is -0.481 e. The number of aryl methyl sites for hydroxylation is 2. The fourth-order valence-corrected chi connectivity index (χ4v) is 2.73. The predicted molar refractivity (Wildman–Crippen MR) is 92.9 cm³/mol. The number of amides is 1. The van der Waals surface area contributed by atoms with Crippen LogP contribution in [0.2, 0.25) is 0 Å². The smallest absolute Gasteiger partial charge is 0.220 e. The highest BCUT2D eigenvalue weighted by Gasteiger charge is 2.13. The molecule has 0 saturated heterocycles. The van der Waals surface area contributed by atoms with Crippen LogP contribution in [-0.2, 0) is 24.3 Å². The summed E-state index contributed by atoms with van der Waals surface area (Å²) in [5.41, 5.74) is 3.86. The van der Waals surface area contributed by atoms with Crippen LogP contribution in [0.1, 0.15) is 35.4 Å². The van der Waals surface area contributed by atoms with Crippen LogP contribution in [-0.4, -0.2) is 27.8 Å². The fraction of sp³-hybridized carbons (Fsp3) is 0.444. The van der Waals surface area contributed by atoms with Gasteiger partial charge in [0.05, 0.1) is 31.8 Å². The molecule has 25 heavy (non-hydrogen) atoms. The van der Waals surface area contributed by atoms with Crippen molar-refractivity contribution in [2.75, 3.05) is 7.11 Å². The Bertz CT molecular complexity index is 776. The molecule has 0 aliphatic rings. The van der Waals surface area contributed by atoms with E-state index in [2.05, 4.69) is 21.5 Å². The molecule has 0 unspecified atom stereocenters. The lowest BCUT2D eigenvalue weighted by Crippen LogP contribution is -2.23. The third kappa shape index (κ3) is 4.80. The number of carbonyl (C=O) groups is 1. The van der Waals surface area contributed by atoms with Gasteiger partial charge in [0.2, 0.25) is 11.8 Å². The molecule has 2 aromatic heterocycles. The van der Waals surface area contributed by atoms with E-state index in [4.69, 9.17) is 10.00 Å². The molecule has 7 nitrogen and oxygen atoms in total. The van der Waals surface area contributed by atoms with Crippen LogP contribution >= 0.6 is 0 Å². The fourth-order valence-electron chi connectivity index (χ4n) is 2.73. The first kappa shape index (κ1) is 18.5. The minimum atomic E-state index is -0.0329. The van der Waals surface area contributed by atoms with E-state index < -0.39 is 0 Å². The molecule has 0 fully saturated rings. The van der Waals surface area contributed by atoms with Crippen molar-refractivity contribution in [3.8, 4) is 11.9 Å². The number of nitrogens with one attached hydrogen (secondary N) is 1. The van der Waals surface area contributed by atoms with E-state index in [1.165, 1.54) is 0 Å². The maximum Gasteiger partial charge on any atom is 0.220 e. The molecule has 1 amide bonds. The summed E-state index contributed by atoms with van der Waals surface area (Å²) in [5, 5.41) is 16.0. The number of hydrogen-bond donors (Lipinski definition) is 1. The first-order valence-electron chi connectivity index (χ1n) is 8.21. The molecule has 0 bridgehead atoms. The van der Waals surface area contributed by atoms with Crippen molar-refractivity contribution in [1.29, 1.82) is 5.26 Å². The average Bonchev–Trinajstić information content (AvgIpc) is 2.89. The van der Waals surface area contributed by atoms with Gasteiger partial charge < -0.3 is 10.1 Å². The number of nitriles is 1. The maximum absolute atomic E-state index is 12.1. The highest BCUT2D eigenvalue weighted by molar-refractivity contribution is 5.76. The minimum absolute atomic E-state index is 0.0329. The quantitative estimate of drug-likeness (QED) is 0.793. The molecular formula is C18H23N5O2. The molecule has 2 heterocycles. The van der Waals surface area contributed by atoms with Crippen molar-refractivity contribution in [2.24, 2.45) is 0 Å². The maximum atomic E-state index is 12.1. The van der Waals surface area contributed by atoms with Gasteiger partial charge in [0.25, 0.3) is 0 Å². The van der Waals surface area contributed by atoms with Gasteiger partial charge >= 0.3 is 0 Å². The number of methoxy groups -OCH3 is 1. The van der Waals surface area contributed by atoms with Gasteiger partial charge in [-0.1, -0.05) is 6.07 Å². The molecule has 132 valence electrons. The number of aromatic nitrogens is 3. The molecule has 2 rings (SSSR count). The van der Waals surface area contributed by atoms with Gasteiger partial charge in [-0.2, -0.15) is 10.4 Å². The summed E-state index contributed by atoms with van der Waals surface area (Å²) in [6.07, 6.45) is 3.09. The van der Waals surface area contributed by atoms with E-state index in [0.717, 1.165) is 22.5 Å². The second kappa shape index (κ2) is 8.83. The number of ether oxygens (including phenoxy) is 1. The topological polar surface area (TPSA) is 92.8 Å². The number of pyridine rings is 1. The first-order chi connectivity index (χ1) is 12.1. The summed E-state index contributed by atoms with van der Waals surface area (Å²) in [7, 11) is 1.56. The Morgan fingerprint density at radius 3 is 2.96 bits per heavy atom. The van der Waals surface area contributed by atoms with Gasteiger partial charge in [-0.3, -0.25) is 9.48 Å². The molecule has 1 N–H and O–H groups in total. The molecule has 0 saturated carbocycles. The first-order valence-corrected chi connectivity index (χ1v) is 8.21. The second-order valence-corrected chi connectivity index (χ2v) is 5.73. The van der Waals surface area contributed by atoms with E-state index in [-0.39, 0.29) is 5.91 Å². The highest BCUT2D eigenvalue weighted by atomic mass is 16.5. The van der Waals surface area contributed by atoms with Crippen molar-refractivity contribution in [2.45, 2.75) is 46.2 Å². The Morgan fingerprint density at radius 2 is 2.24 bits per heavy atom. The molecule has 0 aliphatic carbocycles. The summed E-state index contributed by atoms with van der Waals surface area (Å²) >= 11 is 0. The zero-order valence-electron chi connectivity index (χ0n) is 14.9. The molecule has 0 radical (unpaired) electrons. The summed E-state index contributed by atoms with van der Waals surface area (Å²) in [5.74, 6) is 0.489.